The maximum atomic E-state index is 13.0. The van der Waals surface area contributed by atoms with Crippen LogP contribution in [0.2, 0.25) is 0 Å². The summed E-state index contributed by atoms with van der Waals surface area (Å²) < 4.78 is 30.9. The van der Waals surface area contributed by atoms with E-state index in [1.54, 1.807) is 0 Å². The molecule has 1 atom stereocenters. The molecule has 2 N–H and O–H groups in total. The van der Waals surface area contributed by atoms with E-state index in [9.17, 15) is 8.78 Å². The number of methoxy groups -OCH3 is 1. The molecule has 0 saturated heterocycles. The maximum Gasteiger partial charge on any atom is 0.162 e. The lowest BCUT2D eigenvalue weighted by Gasteiger charge is -2.12. The quantitative estimate of drug-likeness (QED) is 0.834. The molecule has 84 valence electrons. The molecule has 0 aliphatic heterocycles. The van der Waals surface area contributed by atoms with Gasteiger partial charge in [0.2, 0.25) is 0 Å². The summed E-state index contributed by atoms with van der Waals surface area (Å²) in [5, 5.41) is 0. The molecule has 0 fully saturated rings. The van der Waals surface area contributed by atoms with Gasteiger partial charge in [-0.15, -0.1) is 0 Å². The Morgan fingerprint density at radius 1 is 1.33 bits per heavy atom. The van der Waals surface area contributed by atoms with Crippen molar-refractivity contribution in [1.29, 1.82) is 0 Å². The van der Waals surface area contributed by atoms with E-state index in [0.717, 1.165) is 6.07 Å². The first-order chi connectivity index (χ1) is 7.08. The summed E-state index contributed by atoms with van der Waals surface area (Å²) >= 11 is 0. The number of halogens is 2. The smallest absolute Gasteiger partial charge is 0.162 e. The van der Waals surface area contributed by atoms with Gasteiger partial charge in [-0.05, 0) is 30.5 Å². The topological polar surface area (TPSA) is 35.2 Å². The lowest BCUT2D eigenvalue weighted by atomic mass is 10.0. The first-order valence-corrected chi connectivity index (χ1v) is 4.80. The van der Waals surface area contributed by atoms with Gasteiger partial charge in [-0.3, -0.25) is 0 Å². The second-order valence-electron chi connectivity index (χ2n) is 3.62. The van der Waals surface area contributed by atoms with Gasteiger partial charge in [-0.25, -0.2) is 8.78 Å². The summed E-state index contributed by atoms with van der Waals surface area (Å²) in [4.78, 5) is 0. The Morgan fingerprint density at radius 3 is 2.47 bits per heavy atom. The number of hydrogen-bond acceptors (Lipinski definition) is 2. The molecule has 1 rings (SSSR count). The van der Waals surface area contributed by atoms with Crippen molar-refractivity contribution < 1.29 is 13.5 Å². The van der Waals surface area contributed by atoms with Crippen molar-refractivity contribution in [3.05, 3.63) is 29.3 Å². The maximum absolute atomic E-state index is 13.0. The molecule has 4 heteroatoms. The molecule has 0 aliphatic carbocycles. The highest BCUT2D eigenvalue weighted by Crippen LogP contribution is 2.24. The van der Waals surface area contributed by atoms with E-state index in [4.69, 9.17) is 10.5 Å². The van der Waals surface area contributed by atoms with E-state index in [-0.39, 0.29) is 5.92 Å². The number of hydrogen-bond donors (Lipinski definition) is 1. The van der Waals surface area contributed by atoms with Crippen molar-refractivity contribution in [3.8, 4) is 5.75 Å². The summed E-state index contributed by atoms with van der Waals surface area (Å²) in [7, 11) is 1.43. The molecule has 2 nitrogen and oxygen atoms in total. The van der Waals surface area contributed by atoms with Gasteiger partial charge in [-0.2, -0.15) is 0 Å². The van der Waals surface area contributed by atoms with Crippen LogP contribution < -0.4 is 10.5 Å². The second kappa shape index (κ2) is 5.07. The molecule has 0 amide bonds. The average molecular weight is 215 g/mol. The molecule has 15 heavy (non-hydrogen) atoms. The van der Waals surface area contributed by atoms with Gasteiger partial charge in [0.1, 0.15) is 5.75 Å². The van der Waals surface area contributed by atoms with Gasteiger partial charge >= 0.3 is 0 Å². The van der Waals surface area contributed by atoms with Gasteiger partial charge in [-0.1, -0.05) is 6.92 Å². The van der Waals surface area contributed by atoms with Crippen LogP contribution in [-0.4, -0.2) is 13.7 Å². The van der Waals surface area contributed by atoms with E-state index >= 15 is 0 Å². The summed E-state index contributed by atoms with van der Waals surface area (Å²) in [5.74, 6) is -1.16. The minimum absolute atomic E-state index is 0.212. The van der Waals surface area contributed by atoms with Gasteiger partial charge in [0.25, 0.3) is 0 Å². The Bertz CT molecular complexity index is 342. The molecule has 1 aromatic rings. The minimum Gasteiger partial charge on any atom is -0.496 e. The largest absolute Gasteiger partial charge is 0.496 e. The summed E-state index contributed by atoms with van der Waals surface area (Å²) in [6.07, 6.45) is 0.580. The highest BCUT2D eigenvalue weighted by atomic mass is 19.2. The number of rotatable bonds is 4. The van der Waals surface area contributed by atoms with Crippen molar-refractivity contribution >= 4 is 0 Å². The monoisotopic (exact) mass is 215 g/mol. The second-order valence-corrected chi connectivity index (χ2v) is 3.62. The Morgan fingerprint density at radius 2 is 1.93 bits per heavy atom. The van der Waals surface area contributed by atoms with Gasteiger partial charge in [0.15, 0.2) is 11.6 Å². The zero-order valence-corrected chi connectivity index (χ0v) is 8.89. The van der Waals surface area contributed by atoms with Gasteiger partial charge in [0.05, 0.1) is 7.11 Å². The average Bonchev–Trinajstić information content (AvgIpc) is 2.22. The van der Waals surface area contributed by atoms with Crippen molar-refractivity contribution in [1.82, 2.24) is 0 Å². The van der Waals surface area contributed by atoms with Crippen LogP contribution in [0.3, 0.4) is 0 Å². The molecular weight excluding hydrogens is 200 g/mol. The first kappa shape index (κ1) is 11.9. The molecule has 0 spiro atoms. The van der Waals surface area contributed by atoms with Crippen molar-refractivity contribution in [2.24, 2.45) is 11.7 Å². The normalized spacial score (nSPS) is 12.6. The highest BCUT2D eigenvalue weighted by Gasteiger charge is 2.12. The van der Waals surface area contributed by atoms with E-state index in [1.807, 2.05) is 6.92 Å². The van der Waals surface area contributed by atoms with E-state index in [2.05, 4.69) is 0 Å². The Labute approximate surface area is 88.0 Å². The predicted octanol–water partition coefficient (Wildman–Crippen LogP) is 2.11. The third-order valence-electron chi connectivity index (χ3n) is 2.29. The van der Waals surface area contributed by atoms with E-state index < -0.39 is 11.6 Å². The number of benzene rings is 1. The minimum atomic E-state index is -0.893. The van der Waals surface area contributed by atoms with Crippen molar-refractivity contribution in [2.45, 2.75) is 13.3 Å². The lowest BCUT2D eigenvalue weighted by Crippen LogP contribution is -2.13. The molecule has 0 heterocycles. The SMILES string of the molecule is COc1cc(F)c(F)cc1CC(C)CN. The molecule has 1 aromatic carbocycles. The van der Waals surface area contributed by atoms with Crippen LogP contribution in [-0.2, 0) is 6.42 Å². The first-order valence-electron chi connectivity index (χ1n) is 4.80. The zero-order chi connectivity index (χ0) is 11.4. The van der Waals surface area contributed by atoms with Crippen molar-refractivity contribution in [2.75, 3.05) is 13.7 Å². The van der Waals surface area contributed by atoms with Gasteiger partial charge < -0.3 is 10.5 Å². The van der Waals surface area contributed by atoms with Crippen LogP contribution in [0.25, 0.3) is 0 Å². The van der Waals surface area contributed by atoms with E-state index in [1.165, 1.54) is 13.2 Å². The summed E-state index contributed by atoms with van der Waals surface area (Å²) in [6.45, 7) is 2.45. The zero-order valence-electron chi connectivity index (χ0n) is 8.89. The van der Waals surface area contributed by atoms with E-state index in [0.29, 0.717) is 24.3 Å². The van der Waals surface area contributed by atoms with Crippen LogP contribution in [0, 0.1) is 17.6 Å². The van der Waals surface area contributed by atoms with Crippen LogP contribution >= 0.6 is 0 Å². The fraction of sp³-hybridized carbons (Fsp3) is 0.455. The fourth-order valence-corrected chi connectivity index (χ4v) is 1.38. The number of ether oxygens (including phenoxy) is 1. The van der Waals surface area contributed by atoms with Crippen LogP contribution in [0.1, 0.15) is 12.5 Å². The van der Waals surface area contributed by atoms with Crippen LogP contribution in [0.15, 0.2) is 12.1 Å². The van der Waals surface area contributed by atoms with Crippen LogP contribution in [0.4, 0.5) is 8.78 Å². The Hall–Kier alpha value is -1.16. The van der Waals surface area contributed by atoms with Crippen LogP contribution in [0.5, 0.6) is 5.75 Å². The predicted molar refractivity (Wildman–Crippen MR) is 54.8 cm³/mol. The summed E-state index contributed by atoms with van der Waals surface area (Å²) in [6, 6.07) is 2.23. The third kappa shape index (κ3) is 2.89. The number of nitrogens with two attached hydrogens (primary N) is 1. The molecular formula is C11H15F2NO. The highest BCUT2D eigenvalue weighted by molar-refractivity contribution is 5.35. The third-order valence-corrected chi connectivity index (χ3v) is 2.29. The van der Waals surface area contributed by atoms with Crippen molar-refractivity contribution in [3.63, 3.8) is 0 Å². The Kier molecular flexibility index (Phi) is 4.03. The Balaban J connectivity index is 2.99. The molecule has 0 bridgehead atoms. The molecule has 0 radical (unpaired) electrons. The molecule has 1 unspecified atom stereocenters. The molecule has 0 saturated carbocycles. The molecule has 0 aliphatic rings. The standard InChI is InChI=1S/C11H15F2NO/c1-7(6-14)3-8-4-9(12)10(13)5-11(8)15-2/h4-5,7H,3,6,14H2,1-2H3. The molecule has 0 aromatic heterocycles. The lowest BCUT2D eigenvalue weighted by molar-refractivity contribution is 0.397. The summed E-state index contributed by atoms with van der Waals surface area (Å²) in [5.41, 5.74) is 6.12. The van der Waals surface area contributed by atoms with Gasteiger partial charge in [0, 0.05) is 6.07 Å². The fourth-order valence-electron chi connectivity index (χ4n) is 1.38.